The van der Waals surface area contributed by atoms with Gasteiger partial charge in [0.25, 0.3) is 0 Å². The van der Waals surface area contributed by atoms with Crippen molar-refractivity contribution in [1.82, 2.24) is 0 Å². The molecule has 2 aromatic carbocycles. The SMILES string of the molecule is CCc1cc(C)c(OCc2c(C)cccc2OC(=O)OC)cc1F. The van der Waals surface area contributed by atoms with Crippen molar-refractivity contribution in [3.8, 4) is 11.5 Å². The topological polar surface area (TPSA) is 44.8 Å². The summed E-state index contributed by atoms with van der Waals surface area (Å²) in [6, 6.07) is 8.51. The van der Waals surface area contributed by atoms with E-state index in [1.54, 1.807) is 18.2 Å². The summed E-state index contributed by atoms with van der Waals surface area (Å²) in [5.41, 5.74) is 3.13. The van der Waals surface area contributed by atoms with Crippen molar-refractivity contribution in [2.45, 2.75) is 33.8 Å². The number of halogens is 1. The first-order chi connectivity index (χ1) is 11.5. The average Bonchev–Trinajstić information content (AvgIpc) is 2.56. The third-order valence-corrected chi connectivity index (χ3v) is 3.82. The van der Waals surface area contributed by atoms with Crippen LogP contribution in [-0.2, 0) is 17.8 Å². The van der Waals surface area contributed by atoms with Crippen molar-refractivity contribution in [3.63, 3.8) is 0 Å². The van der Waals surface area contributed by atoms with Crippen molar-refractivity contribution in [1.29, 1.82) is 0 Å². The Morgan fingerprint density at radius 1 is 1.12 bits per heavy atom. The minimum absolute atomic E-state index is 0.157. The van der Waals surface area contributed by atoms with Crippen LogP contribution < -0.4 is 9.47 Å². The highest BCUT2D eigenvalue weighted by atomic mass is 19.1. The molecule has 0 saturated carbocycles. The maximum Gasteiger partial charge on any atom is 0.513 e. The van der Waals surface area contributed by atoms with Gasteiger partial charge in [0.1, 0.15) is 23.9 Å². The molecular formula is C19H21FO4. The summed E-state index contributed by atoms with van der Waals surface area (Å²) < 4.78 is 29.4. The molecule has 2 aromatic rings. The smallest absolute Gasteiger partial charge is 0.488 e. The summed E-state index contributed by atoms with van der Waals surface area (Å²) in [6.07, 6.45) is -0.168. The number of aryl methyl sites for hydroxylation is 3. The zero-order valence-electron chi connectivity index (χ0n) is 14.3. The van der Waals surface area contributed by atoms with Crippen LogP contribution in [0.15, 0.2) is 30.3 Å². The predicted molar refractivity (Wildman–Crippen MR) is 89.1 cm³/mol. The molecule has 128 valence electrons. The monoisotopic (exact) mass is 332 g/mol. The fourth-order valence-corrected chi connectivity index (χ4v) is 2.39. The Bertz CT molecular complexity index is 740. The molecule has 0 unspecified atom stereocenters. The molecule has 0 aromatic heterocycles. The van der Waals surface area contributed by atoms with Gasteiger partial charge in [0.15, 0.2) is 0 Å². The van der Waals surface area contributed by atoms with Crippen LogP contribution in [0.25, 0.3) is 0 Å². The van der Waals surface area contributed by atoms with Gasteiger partial charge in [-0.15, -0.1) is 0 Å². The van der Waals surface area contributed by atoms with E-state index in [2.05, 4.69) is 4.74 Å². The molecule has 4 nitrogen and oxygen atoms in total. The average molecular weight is 332 g/mol. The van der Waals surface area contributed by atoms with Crippen LogP contribution in [0.1, 0.15) is 29.2 Å². The van der Waals surface area contributed by atoms with Gasteiger partial charge in [-0.3, -0.25) is 0 Å². The molecule has 0 radical (unpaired) electrons. The van der Waals surface area contributed by atoms with Crippen LogP contribution in [0.3, 0.4) is 0 Å². The first kappa shape index (κ1) is 17.8. The summed E-state index contributed by atoms with van der Waals surface area (Å²) in [4.78, 5) is 11.4. The quantitative estimate of drug-likeness (QED) is 0.586. The van der Waals surface area contributed by atoms with Gasteiger partial charge in [0.05, 0.1) is 7.11 Å². The van der Waals surface area contributed by atoms with E-state index in [1.165, 1.54) is 13.2 Å². The highest BCUT2D eigenvalue weighted by molar-refractivity contribution is 5.64. The second-order valence-corrected chi connectivity index (χ2v) is 5.46. The Morgan fingerprint density at radius 3 is 2.54 bits per heavy atom. The van der Waals surface area contributed by atoms with Crippen LogP contribution in [0.2, 0.25) is 0 Å². The van der Waals surface area contributed by atoms with E-state index in [-0.39, 0.29) is 12.4 Å². The molecule has 2 rings (SSSR count). The van der Waals surface area contributed by atoms with Gasteiger partial charge in [0.2, 0.25) is 0 Å². The van der Waals surface area contributed by atoms with Crippen LogP contribution in [0.5, 0.6) is 11.5 Å². The maximum absolute atomic E-state index is 14.0. The summed E-state index contributed by atoms with van der Waals surface area (Å²) in [6.45, 7) is 5.82. The molecule has 0 spiro atoms. The maximum atomic E-state index is 14.0. The third-order valence-electron chi connectivity index (χ3n) is 3.82. The lowest BCUT2D eigenvalue weighted by molar-refractivity contribution is 0.120. The van der Waals surface area contributed by atoms with Crippen molar-refractivity contribution in [2.75, 3.05) is 7.11 Å². The highest BCUT2D eigenvalue weighted by Gasteiger charge is 2.13. The van der Waals surface area contributed by atoms with Crippen molar-refractivity contribution < 1.29 is 23.4 Å². The van der Waals surface area contributed by atoms with Crippen LogP contribution in [-0.4, -0.2) is 13.3 Å². The van der Waals surface area contributed by atoms with Crippen LogP contribution >= 0.6 is 0 Å². The van der Waals surface area contributed by atoms with E-state index in [9.17, 15) is 9.18 Å². The Balaban J connectivity index is 2.23. The van der Waals surface area contributed by atoms with Gasteiger partial charge < -0.3 is 14.2 Å². The van der Waals surface area contributed by atoms with Gasteiger partial charge in [-0.2, -0.15) is 0 Å². The van der Waals surface area contributed by atoms with Gasteiger partial charge in [-0.1, -0.05) is 19.1 Å². The normalized spacial score (nSPS) is 10.4. The fraction of sp³-hybridized carbons (Fsp3) is 0.316. The molecule has 0 heterocycles. The van der Waals surface area contributed by atoms with Gasteiger partial charge in [-0.05, 0) is 49.1 Å². The van der Waals surface area contributed by atoms with Gasteiger partial charge in [-0.25, -0.2) is 9.18 Å². The number of carbonyl (C=O) groups excluding carboxylic acids is 1. The van der Waals surface area contributed by atoms with Crippen LogP contribution in [0.4, 0.5) is 9.18 Å². The minimum Gasteiger partial charge on any atom is -0.488 e. The second-order valence-electron chi connectivity index (χ2n) is 5.46. The van der Waals surface area contributed by atoms with Crippen molar-refractivity contribution >= 4 is 6.16 Å². The lowest BCUT2D eigenvalue weighted by Crippen LogP contribution is -2.11. The molecule has 0 atom stereocenters. The number of benzene rings is 2. The first-order valence-electron chi connectivity index (χ1n) is 7.72. The highest BCUT2D eigenvalue weighted by Crippen LogP contribution is 2.27. The van der Waals surface area contributed by atoms with E-state index in [1.807, 2.05) is 26.8 Å². The Hall–Kier alpha value is -2.56. The van der Waals surface area contributed by atoms with Crippen LogP contribution in [0, 0.1) is 19.7 Å². The van der Waals surface area contributed by atoms with Gasteiger partial charge >= 0.3 is 6.16 Å². The molecular weight excluding hydrogens is 311 g/mol. The molecule has 0 fully saturated rings. The van der Waals surface area contributed by atoms with Crippen molar-refractivity contribution in [3.05, 3.63) is 58.4 Å². The number of hydrogen-bond donors (Lipinski definition) is 0. The molecule has 24 heavy (non-hydrogen) atoms. The van der Waals surface area contributed by atoms with E-state index in [0.29, 0.717) is 29.0 Å². The number of carbonyl (C=O) groups is 1. The number of rotatable bonds is 5. The fourth-order valence-electron chi connectivity index (χ4n) is 2.39. The standard InChI is InChI=1S/C19H21FO4/c1-5-14-9-13(3)18(10-16(14)20)23-11-15-12(2)7-6-8-17(15)24-19(21)22-4/h6-10H,5,11H2,1-4H3. The predicted octanol–water partition coefficient (Wildman–Crippen LogP) is 4.73. The number of methoxy groups -OCH3 is 1. The summed E-state index contributed by atoms with van der Waals surface area (Å²) >= 11 is 0. The first-order valence-corrected chi connectivity index (χ1v) is 7.72. The molecule has 0 aliphatic heterocycles. The van der Waals surface area contributed by atoms with E-state index >= 15 is 0 Å². The lowest BCUT2D eigenvalue weighted by atomic mass is 10.1. The third kappa shape index (κ3) is 4.04. The Morgan fingerprint density at radius 2 is 1.88 bits per heavy atom. The zero-order valence-corrected chi connectivity index (χ0v) is 14.3. The molecule has 0 aliphatic carbocycles. The van der Waals surface area contributed by atoms with Crippen molar-refractivity contribution in [2.24, 2.45) is 0 Å². The second kappa shape index (κ2) is 7.81. The number of ether oxygens (including phenoxy) is 3. The molecule has 0 bridgehead atoms. The van der Waals surface area contributed by atoms with E-state index in [0.717, 1.165) is 11.1 Å². The molecule has 0 aliphatic rings. The molecule has 0 amide bonds. The largest absolute Gasteiger partial charge is 0.513 e. The van der Waals surface area contributed by atoms with E-state index in [4.69, 9.17) is 9.47 Å². The lowest BCUT2D eigenvalue weighted by Gasteiger charge is -2.15. The Kier molecular flexibility index (Phi) is 5.79. The minimum atomic E-state index is -0.795. The van der Waals surface area contributed by atoms with E-state index < -0.39 is 6.16 Å². The Labute approximate surface area is 141 Å². The molecule has 5 heteroatoms. The summed E-state index contributed by atoms with van der Waals surface area (Å²) in [5.74, 6) is 0.552. The number of hydrogen-bond acceptors (Lipinski definition) is 4. The summed E-state index contributed by atoms with van der Waals surface area (Å²) in [7, 11) is 1.25. The van der Waals surface area contributed by atoms with Gasteiger partial charge in [0, 0.05) is 11.6 Å². The molecule has 0 N–H and O–H groups in total. The zero-order chi connectivity index (χ0) is 17.7. The molecule has 0 saturated heterocycles. The summed E-state index contributed by atoms with van der Waals surface area (Å²) in [5, 5.41) is 0.